The first-order valence-electron chi connectivity index (χ1n) is 6.39. The second-order valence-electron chi connectivity index (χ2n) is 4.68. The summed E-state index contributed by atoms with van der Waals surface area (Å²) >= 11 is 0. The molecule has 0 radical (unpaired) electrons. The lowest BCUT2D eigenvalue weighted by Crippen LogP contribution is -2.43. The highest BCUT2D eigenvalue weighted by molar-refractivity contribution is 5.95. The molecule has 1 aliphatic rings. The molecule has 1 aromatic carbocycles. The molecule has 2 N–H and O–H groups in total. The minimum atomic E-state index is -0.0545. The van der Waals surface area contributed by atoms with Crippen molar-refractivity contribution in [2.75, 3.05) is 19.0 Å². The summed E-state index contributed by atoms with van der Waals surface area (Å²) in [7, 11) is 1.65. The zero-order chi connectivity index (χ0) is 13.0. The summed E-state index contributed by atoms with van der Waals surface area (Å²) in [5, 5.41) is 6.19. The van der Waals surface area contributed by atoms with Gasteiger partial charge in [-0.3, -0.25) is 4.79 Å². The normalized spacial score (nSPS) is 19.3. The first kappa shape index (κ1) is 12.9. The Morgan fingerprint density at radius 1 is 1.44 bits per heavy atom. The van der Waals surface area contributed by atoms with Crippen LogP contribution in [0.3, 0.4) is 0 Å². The molecule has 18 heavy (non-hydrogen) atoms. The average Bonchev–Trinajstić information content (AvgIpc) is 2.40. The van der Waals surface area contributed by atoms with E-state index in [1.165, 1.54) is 0 Å². The van der Waals surface area contributed by atoms with E-state index in [0.717, 1.165) is 42.8 Å². The summed E-state index contributed by atoms with van der Waals surface area (Å²) in [4.78, 5) is 12.0. The monoisotopic (exact) mass is 248 g/mol. The van der Waals surface area contributed by atoms with Crippen molar-refractivity contribution in [2.45, 2.75) is 32.2 Å². The summed E-state index contributed by atoms with van der Waals surface area (Å²) < 4.78 is 5.20. The maximum atomic E-state index is 12.0. The third-order valence-electron chi connectivity index (χ3n) is 3.29. The fraction of sp³-hybridized carbons (Fsp3) is 0.500. The summed E-state index contributed by atoms with van der Waals surface area (Å²) in [6.07, 6.45) is 3.19. The van der Waals surface area contributed by atoms with Crippen molar-refractivity contribution in [3.63, 3.8) is 0 Å². The van der Waals surface area contributed by atoms with Crippen LogP contribution in [-0.2, 0) is 4.79 Å². The molecule has 0 aromatic heterocycles. The third-order valence-corrected chi connectivity index (χ3v) is 3.29. The number of carbonyl (C=O) groups excluding carboxylic acids is 1. The molecule has 0 spiro atoms. The zero-order valence-corrected chi connectivity index (χ0v) is 11.0. The van der Waals surface area contributed by atoms with Gasteiger partial charge >= 0.3 is 0 Å². The van der Waals surface area contributed by atoms with Gasteiger partial charge in [-0.1, -0.05) is 6.42 Å². The molecule has 98 valence electrons. The second kappa shape index (κ2) is 5.87. The van der Waals surface area contributed by atoms with Crippen molar-refractivity contribution < 1.29 is 9.53 Å². The molecule has 1 aromatic rings. The maximum Gasteiger partial charge on any atom is 0.241 e. The van der Waals surface area contributed by atoms with Crippen LogP contribution in [0.25, 0.3) is 0 Å². The van der Waals surface area contributed by atoms with Gasteiger partial charge < -0.3 is 15.4 Å². The molecule has 1 unspecified atom stereocenters. The number of ether oxygens (including phenoxy) is 1. The average molecular weight is 248 g/mol. The first-order chi connectivity index (χ1) is 8.70. The molecule has 1 fully saturated rings. The number of benzene rings is 1. The van der Waals surface area contributed by atoms with E-state index < -0.39 is 0 Å². The Morgan fingerprint density at radius 2 is 2.28 bits per heavy atom. The SMILES string of the molecule is COc1ccc(NC(=O)C2CCCCN2)cc1C. The Labute approximate surface area is 108 Å². The summed E-state index contributed by atoms with van der Waals surface area (Å²) in [5.41, 5.74) is 1.84. The largest absolute Gasteiger partial charge is 0.496 e. The molecule has 4 heteroatoms. The van der Waals surface area contributed by atoms with Crippen LogP contribution >= 0.6 is 0 Å². The van der Waals surface area contributed by atoms with Crippen molar-refractivity contribution in [2.24, 2.45) is 0 Å². The van der Waals surface area contributed by atoms with Gasteiger partial charge in [0.15, 0.2) is 0 Å². The Kier molecular flexibility index (Phi) is 4.20. The van der Waals surface area contributed by atoms with E-state index in [4.69, 9.17) is 4.74 Å². The molecule has 4 nitrogen and oxygen atoms in total. The van der Waals surface area contributed by atoms with E-state index in [1.54, 1.807) is 7.11 Å². The number of amides is 1. The second-order valence-corrected chi connectivity index (χ2v) is 4.68. The molecule has 1 amide bonds. The fourth-order valence-electron chi connectivity index (χ4n) is 2.26. The number of hydrogen-bond acceptors (Lipinski definition) is 3. The van der Waals surface area contributed by atoms with Crippen LogP contribution < -0.4 is 15.4 Å². The van der Waals surface area contributed by atoms with Crippen molar-refractivity contribution >= 4 is 11.6 Å². The van der Waals surface area contributed by atoms with Gasteiger partial charge in [0.05, 0.1) is 13.2 Å². The highest BCUT2D eigenvalue weighted by Crippen LogP contribution is 2.21. The van der Waals surface area contributed by atoms with Crippen molar-refractivity contribution in [3.05, 3.63) is 23.8 Å². The number of carbonyl (C=O) groups is 1. The van der Waals surface area contributed by atoms with E-state index in [2.05, 4.69) is 10.6 Å². The third kappa shape index (κ3) is 3.01. The maximum absolute atomic E-state index is 12.0. The number of nitrogens with one attached hydrogen (secondary N) is 2. The molecule has 0 saturated carbocycles. The van der Waals surface area contributed by atoms with E-state index in [-0.39, 0.29) is 11.9 Å². The fourth-order valence-corrected chi connectivity index (χ4v) is 2.26. The molecule has 1 atom stereocenters. The number of aryl methyl sites for hydroxylation is 1. The molecule has 1 aliphatic heterocycles. The van der Waals surface area contributed by atoms with E-state index in [1.807, 2.05) is 25.1 Å². The number of anilines is 1. The molecule has 0 aliphatic carbocycles. The van der Waals surface area contributed by atoms with E-state index in [9.17, 15) is 4.79 Å². The summed E-state index contributed by atoms with van der Waals surface area (Å²) in [5.74, 6) is 0.892. The summed E-state index contributed by atoms with van der Waals surface area (Å²) in [6, 6.07) is 5.62. The quantitative estimate of drug-likeness (QED) is 0.861. The number of piperidine rings is 1. The summed E-state index contributed by atoms with van der Waals surface area (Å²) in [6.45, 7) is 2.90. The predicted molar refractivity (Wildman–Crippen MR) is 72.0 cm³/mol. The highest BCUT2D eigenvalue weighted by atomic mass is 16.5. The van der Waals surface area contributed by atoms with Crippen LogP contribution in [0.1, 0.15) is 24.8 Å². The van der Waals surface area contributed by atoms with Gasteiger partial charge in [0.1, 0.15) is 5.75 Å². The van der Waals surface area contributed by atoms with Crippen molar-refractivity contribution in [1.82, 2.24) is 5.32 Å². The number of rotatable bonds is 3. The Bertz CT molecular complexity index is 426. The lowest BCUT2D eigenvalue weighted by molar-refractivity contribution is -0.118. The van der Waals surface area contributed by atoms with Gasteiger partial charge in [-0.05, 0) is 50.1 Å². The van der Waals surface area contributed by atoms with Crippen molar-refractivity contribution in [3.8, 4) is 5.75 Å². The molecular weight excluding hydrogens is 228 g/mol. The van der Waals surface area contributed by atoms with E-state index in [0.29, 0.717) is 0 Å². The molecular formula is C14H20N2O2. The Morgan fingerprint density at radius 3 is 2.89 bits per heavy atom. The van der Waals surface area contributed by atoms with Gasteiger partial charge in [0.2, 0.25) is 5.91 Å². The van der Waals surface area contributed by atoms with Crippen LogP contribution in [0, 0.1) is 6.92 Å². The number of methoxy groups -OCH3 is 1. The molecule has 0 bridgehead atoms. The van der Waals surface area contributed by atoms with Gasteiger partial charge in [0, 0.05) is 5.69 Å². The first-order valence-corrected chi connectivity index (χ1v) is 6.39. The van der Waals surface area contributed by atoms with Gasteiger partial charge in [-0.2, -0.15) is 0 Å². The zero-order valence-electron chi connectivity index (χ0n) is 11.0. The highest BCUT2D eigenvalue weighted by Gasteiger charge is 2.20. The van der Waals surface area contributed by atoms with Crippen molar-refractivity contribution in [1.29, 1.82) is 0 Å². The van der Waals surface area contributed by atoms with Crippen LogP contribution in [0.2, 0.25) is 0 Å². The van der Waals surface area contributed by atoms with Crippen LogP contribution in [0.4, 0.5) is 5.69 Å². The Hall–Kier alpha value is -1.55. The van der Waals surface area contributed by atoms with Crippen LogP contribution in [0.5, 0.6) is 5.75 Å². The lowest BCUT2D eigenvalue weighted by atomic mass is 10.0. The standard InChI is InChI=1S/C14H20N2O2/c1-10-9-11(6-7-13(10)18-2)16-14(17)12-5-3-4-8-15-12/h6-7,9,12,15H,3-5,8H2,1-2H3,(H,16,17). The molecule has 1 heterocycles. The minimum Gasteiger partial charge on any atom is -0.496 e. The van der Waals surface area contributed by atoms with Gasteiger partial charge in [-0.25, -0.2) is 0 Å². The molecule has 1 saturated heterocycles. The van der Waals surface area contributed by atoms with Crippen LogP contribution in [0.15, 0.2) is 18.2 Å². The lowest BCUT2D eigenvalue weighted by Gasteiger charge is -2.22. The molecule has 2 rings (SSSR count). The predicted octanol–water partition coefficient (Wildman–Crippen LogP) is 2.08. The van der Waals surface area contributed by atoms with Gasteiger partial charge in [0.25, 0.3) is 0 Å². The van der Waals surface area contributed by atoms with Crippen LogP contribution in [-0.4, -0.2) is 25.6 Å². The minimum absolute atomic E-state index is 0.0545. The number of hydrogen-bond donors (Lipinski definition) is 2. The van der Waals surface area contributed by atoms with E-state index >= 15 is 0 Å². The Balaban J connectivity index is 2.00. The smallest absolute Gasteiger partial charge is 0.241 e. The topological polar surface area (TPSA) is 50.4 Å². The van der Waals surface area contributed by atoms with Gasteiger partial charge in [-0.15, -0.1) is 0 Å².